The largest absolute Gasteiger partial charge is 0.474 e. The first kappa shape index (κ1) is 9.08. The van der Waals surface area contributed by atoms with E-state index in [-0.39, 0.29) is 5.82 Å². The van der Waals surface area contributed by atoms with Gasteiger partial charge in [-0.25, -0.2) is 19.3 Å². The highest BCUT2D eigenvalue weighted by atomic mass is 19.1. The lowest BCUT2D eigenvalue weighted by molar-refractivity contribution is 0.0541. The third-order valence-electron chi connectivity index (χ3n) is 2.41. The molecule has 7 heteroatoms. The summed E-state index contributed by atoms with van der Waals surface area (Å²) in [6, 6.07) is 0. The molecule has 0 spiro atoms. The van der Waals surface area contributed by atoms with Crippen LogP contribution in [-0.2, 0) is 4.74 Å². The summed E-state index contributed by atoms with van der Waals surface area (Å²) in [6.07, 6.45) is 3.44. The van der Waals surface area contributed by atoms with Gasteiger partial charge in [0.2, 0.25) is 6.23 Å². The van der Waals surface area contributed by atoms with Crippen molar-refractivity contribution in [2.75, 3.05) is 5.73 Å². The monoisotopic (exact) mass is 221 g/mol. The van der Waals surface area contributed by atoms with Crippen molar-refractivity contribution in [1.82, 2.24) is 19.5 Å². The molecule has 0 aliphatic carbocycles. The highest BCUT2D eigenvalue weighted by Crippen LogP contribution is 2.27. The lowest BCUT2D eigenvalue weighted by atomic mass is 10.3. The second kappa shape index (κ2) is 3.16. The van der Waals surface area contributed by atoms with Crippen LogP contribution in [0.25, 0.3) is 11.2 Å². The minimum atomic E-state index is -1.21. The van der Waals surface area contributed by atoms with Gasteiger partial charge in [0.1, 0.15) is 18.2 Å². The van der Waals surface area contributed by atoms with Gasteiger partial charge in [0.05, 0.1) is 6.26 Å². The van der Waals surface area contributed by atoms with Crippen molar-refractivity contribution in [1.29, 1.82) is 0 Å². The van der Waals surface area contributed by atoms with Crippen LogP contribution >= 0.6 is 0 Å². The van der Waals surface area contributed by atoms with Crippen LogP contribution in [0.2, 0.25) is 0 Å². The third-order valence-corrected chi connectivity index (χ3v) is 2.41. The van der Waals surface area contributed by atoms with E-state index in [0.29, 0.717) is 11.2 Å². The molecule has 0 saturated heterocycles. The number of alkyl halides is 1. The van der Waals surface area contributed by atoms with Gasteiger partial charge in [0.15, 0.2) is 17.6 Å². The summed E-state index contributed by atoms with van der Waals surface area (Å²) in [5, 5.41) is 0. The molecule has 0 aromatic carbocycles. The molecular weight excluding hydrogens is 213 g/mol. The normalized spacial score (nSPS) is 23.8. The minimum Gasteiger partial charge on any atom is -0.474 e. The summed E-state index contributed by atoms with van der Waals surface area (Å²) in [6.45, 7) is 0. The molecule has 6 nitrogen and oxygen atoms in total. The van der Waals surface area contributed by atoms with Crippen molar-refractivity contribution in [2.45, 2.75) is 12.4 Å². The molecule has 3 heterocycles. The number of rotatable bonds is 1. The quantitative estimate of drug-likeness (QED) is 0.770. The molecule has 0 radical (unpaired) electrons. The fourth-order valence-corrected chi connectivity index (χ4v) is 1.65. The Labute approximate surface area is 89.6 Å². The molecule has 0 bridgehead atoms. The zero-order valence-corrected chi connectivity index (χ0v) is 8.12. The van der Waals surface area contributed by atoms with Gasteiger partial charge in [0.25, 0.3) is 0 Å². The first-order valence-electron chi connectivity index (χ1n) is 4.66. The van der Waals surface area contributed by atoms with Crippen LogP contribution < -0.4 is 5.73 Å². The molecule has 16 heavy (non-hydrogen) atoms. The van der Waals surface area contributed by atoms with Gasteiger partial charge in [0, 0.05) is 0 Å². The molecule has 1 aliphatic heterocycles. The van der Waals surface area contributed by atoms with E-state index >= 15 is 0 Å². The third kappa shape index (κ3) is 1.14. The smallest absolute Gasteiger partial charge is 0.212 e. The molecule has 3 rings (SSSR count). The lowest BCUT2D eigenvalue weighted by Crippen LogP contribution is -2.16. The first-order chi connectivity index (χ1) is 7.77. The van der Waals surface area contributed by atoms with Crippen LogP contribution in [0.1, 0.15) is 6.23 Å². The Bertz CT molecular complexity index is 566. The topological polar surface area (TPSA) is 78.9 Å². The Balaban J connectivity index is 2.15. The zero-order valence-electron chi connectivity index (χ0n) is 8.12. The van der Waals surface area contributed by atoms with Crippen molar-refractivity contribution < 1.29 is 9.13 Å². The van der Waals surface area contributed by atoms with Gasteiger partial charge >= 0.3 is 0 Å². The molecule has 2 N–H and O–H groups in total. The van der Waals surface area contributed by atoms with Crippen LogP contribution in [0.15, 0.2) is 25.0 Å². The standard InChI is InChI=1S/C9H8FN5O/c10-5-1-2-16-9(5)15-4-14-6-7(11)12-3-13-8(6)15/h1-5,9H,(H2,11,12,13)/t5-,9+/m0/s1. The summed E-state index contributed by atoms with van der Waals surface area (Å²) in [5.74, 6) is 0.269. The average Bonchev–Trinajstić information content (AvgIpc) is 2.84. The number of halogens is 1. The number of fused-ring (bicyclic) bond motifs is 1. The van der Waals surface area contributed by atoms with E-state index < -0.39 is 12.4 Å². The molecule has 82 valence electrons. The number of imidazole rings is 1. The Morgan fingerprint density at radius 1 is 1.38 bits per heavy atom. The van der Waals surface area contributed by atoms with E-state index in [0.717, 1.165) is 0 Å². The highest BCUT2D eigenvalue weighted by Gasteiger charge is 2.28. The maximum atomic E-state index is 13.4. The van der Waals surface area contributed by atoms with Crippen LogP contribution in [0.3, 0.4) is 0 Å². The molecule has 2 aromatic heterocycles. The van der Waals surface area contributed by atoms with Crippen LogP contribution in [-0.4, -0.2) is 25.7 Å². The number of hydrogen-bond acceptors (Lipinski definition) is 5. The zero-order chi connectivity index (χ0) is 11.1. The van der Waals surface area contributed by atoms with Crippen LogP contribution in [0.4, 0.5) is 10.2 Å². The lowest BCUT2D eigenvalue weighted by Gasteiger charge is -2.14. The van der Waals surface area contributed by atoms with Crippen molar-refractivity contribution >= 4 is 17.0 Å². The Kier molecular flexibility index (Phi) is 1.79. The predicted octanol–water partition coefficient (Wildman–Crippen LogP) is 0.789. The molecule has 2 atom stereocenters. The maximum Gasteiger partial charge on any atom is 0.212 e. The summed E-state index contributed by atoms with van der Waals surface area (Å²) in [5.41, 5.74) is 6.54. The second-order valence-corrected chi connectivity index (χ2v) is 3.38. The van der Waals surface area contributed by atoms with Gasteiger partial charge in [-0.2, -0.15) is 0 Å². The molecular formula is C9H8FN5O. The van der Waals surface area contributed by atoms with E-state index in [9.17, 15) is 4.39 Å². The summed E-state index contributed by atoms with van der Waals surface area (Å²) >= 11 is 0. The number of nitrogen functional groups attached to an aromatic ring is 1. The first-order valence-corrected chi connectivity index (χ1v) is 4.66. The fourth-order valence-electron chi connectivity index (χ4n) is 1.65. The second-order valence-electron chi connectivity index (χ2n) is 3.38. The van der Waals surface area contributed by atoms with Gasteiger partial charge in [-0.15, -0.1) is 0 Å². The average molecular weight is 221 g/mol. The summed E-state index contributed by atoms with van der Waals surface area (Å²) in [7, 11) is 0. The highest BCUT2D eigenvalue weighted by molar-refractivity contribution is 5.81. The van der Waals surface area contributed by atoms with Crippen molar-refractivity contribution in [3.05, 3.63) is 25.0 Å². The van der Waals surface area contributed by atoms with Crippen LogP contribution in [0.5, 0.6) is 0 Å². The van der Waals surface area contributed by atoms with E-state index in [1.54, 1.807) is 0 Å². The van der Waals surface area contributed by atoms with Gasteiger partial charge in [-0.05, 0) is 6.08 Å². The Morgan fingerprint density at radius 3 is 3.00 bits per heavy atom. The van der Waals surface area contributed by atoms with Gasteiger partial charge < -0.3 is 10.5 Å². The fraction of sp³-hybridized carbons (Fsp3) is 0.222. The van der Waals surface area contributed by atoms with E-state index in [4.69, 9.17) is 10.5 Å². The molecule has 0 unspecified atom stereocenters. The van der Waals surface area contributed by atoms with Crippen molar-refractivity contribution in [3.8, 4) is 0 Å². The summed E-state index contributed by atoms with van der Waals surface area (Å²) < 4.78 is 20.1. The van der Waals surface area contributed by atoms with E-state index in [2.05, 4.69) is 15.0 Å². The molecule has 1 aliphatic rings. The van der Waals surface area contributed by atoms with E-state index in [1.165, 1.54) is 29.6 Å². The summed E-state index contributed by atoms with van der Waals surface area (Å²) in [4.78, 5) is 11.9. The number of hydrogen-bond donors (Lipinski definition) is 1. The Morgan fingerprint density at radius 2 is 2.25 bits per heavy atom. The molecule has 0 saturated carbocycles. The van der Waals surface area contributed by atoms with E-state index in [1.807, 2.05) is 0 Å². The molecule has 2 aromatic rings. The van der Waals surface area contributed by atoms with Crippen molar-refractivity contribution in [2.24, 2.45) is 0 Å². The van der Waals surface area contributed by atoms with Crippen LogP contribution in [0, 0.1) is 0 Å². The number of anilines is 1. The maximum absolute atomic E-state index is 13.4. The number of nitrogens with two attached hydrogens (primary N) is 1. The number of nitrogens with zero attached hydrogens (tertiary/aromatic N) is 4. The van der Waals surface area contributed by atoms with Crippen molar-refractivity contribution in [3.63, 3.8) is 0 Å². The number of aromatic nitrogens is 4. The number of ether oxygens (including phenoxy) is 1. The Hall–Kier alpha value is -2.18. The SMILES string of the molecule is Nc1ncnc2c1ncn2[C@@H]1OC=C[C@@H]1F. The minimum absolute atomic E-state index is 0.269. The molecule has 0 fully saturated rings. The van der Waals surface area contributed by atoms with Gasteiger partial charge in [-0.1, -0.05) is 0 Å². The van der Waals surface area contributed by atoms with Gasteiger partial charge in [-0.3, -0.25) is 4.57 Å². The predicted molar refractivity (Wildman–Crippen MR) is 53.9 cm³/mol. The molecule has 0 amide bonds.